The summed E-state index contributed by atoms with van der Waals surface area (Å²) < 4.78 is 5.72. The zero-order valence-corrected chi connectivity index (χ0v) is 12.4. The first kappa shape index (κ1) is 15.0. The topological polar surface area (TPSA) is 21.3 Å². The molecule has 0 aliphatic rings. The first-order valence-electron chi connectivity index (χ1n) is 7.03. The zero-order chi connectivity index (χ0) is 13.5. The molecule has 2 nitrogen and oxygen atoms in total. The normalized spacial score (nSPS) is 14.6. The van der Waals surface area contributed by atoms with Gasteiger partial charge in [0.2, 0.25) is 0 Å². The summed E-state index contributed by atoms with van der Waals surface area (Å²) in [7, 11) is 0. The highest BCUT2D eigenvalue weighted by atomic mass is 16.5. The number of hydrogen-bond donors (Lipinski definition) is 1. The average Bonchev–Trinajstić information content (AvgIpc) is 2.35. The molecule has 1 aromatic carbocycles. The third kappa shape index (κ3) is 5.09. The average molecular weight is 249 g/mol. The molecule has 0 aromatic heterocycles. The van der Waals surface area contributed by atoms with Crippen molar-refractivity contribution in [3.8, 4) is 5.75 Å². The molecule has 0 saturated heterocycles. The Morgan fingerprint density at radius 1 is 1.17 bits per heavy atom. The molecule has 0 aliphatic heterocycles. The molecular formula is C16H27NO. The van der Waals surface area contributed by atoms with Crippen molar-refractivity contribution in [1.29, 1.82) is 0 Å². The van der Waals surface area contributed by atoms with Crippen LogP contribution in [0.1, 0.15) is 52.6 Å². The van der Waals surface area contributed by atoms with Gasteiger partial charge in [0.05, 0.1) is 6.10 Å². The van der Waals surface area contributed by atoms with Crippen LogP contribution < -0.4 is 10.1 Å². The van der Waals surface area contributed by atoms with Crippen LogP contribution in [0, 0.1) is 5.92 Å². The molecule has 18 heavy (non-hydrogen) atoms. The fraction of sp³-hybridized carbons (Fsp3) is 0.625. The molecule has 0 amide bonds. The van der Waals surface area contributed by atoms with Gasteiger partial charge in [0.15, 0.2) is 0 Å². The molecule has 2 heteroatoms. The van der Waals surface area contributed by atoms with Crippen molar-refractivity contribution in [2.24, 2.45) is 5.92 Å². The van der Waals surface area contributed by atoms with E-state index in [1.54, 1.807) is 0 Å². The first-order chi connectivity index (χ1) is 8.52. The summed E-state index contributed by atoms with van der Waals surface area (Å²) in [6.07, 6.45) is 1.44. The molecule has 0 radical (unpaired) electrons. The lowest BCUT2D eigenvalue weighted by atomic mass is 10.1. The molecule has 0 heterocycles. The van der Waals surface area contributed by atoms with Gasteiger partial charge in [-0.3, -0.25) is 0 Å². The SMILES string of the molecule is CCC(C)CNC(C)c1cccc(OC(C)C)c1. The zero-order valence-electron chi connectivity index (χ0n) is 12.4. The van der Waals surface area contributed by atoms with E-state index in [0.717, 1.165) is 18.2 Å². The van der Waals surface area contributed by atoms with Crippen LogP contribution in [0.25, 0.3) is 0 Å². The van der Waals surface area contributed by atoms with Gasteiger partial charge in [-0.05, 0) is 50.9 Å². The second-order valence-corrected chi connectivity index (χ2v) is 5.38. The molecule has 1 aromatic rings. The van der Waals surface area contributed by atoms with Gasteiger partial charge in [-0.1, -0.05) is 32.4 Å². The molecule has 0 fully saturated rings. The molecule has 102 valence electrons. The van der Waals surface area contributed by atoms with Gasteiger partial charge in [0, 0.05) is 6.04 Å². The number of benzene rings is 1. The van der Waals surface area contributed by atoms with Gasteiger partial charge in [-0.2, -0.15) is 0 Å². The number of ether oxygens (including phenoxy) is 1. The van der Waals surface area contributed by atoms with Crippen LogP contribution in [-0.2, 0) is 0 Å². The smallest absolute Gasteiger partial charge is 0.120 e. The van der Waals surface area contributed by atoms with Crippen molar-refractivity contribution < 1.29 is 4.74 Å². The van der Waals surface area contributed by atoms with Crippen LogP contribution >= 0.6 is 0 Å². The quantitative estimate of drug-likeness (QED) is 0.783. The Hall–Kier alpha value is -1.02. The molecule has 0 aliphatic carbocycles. The van der Waals surface area contributed by atoms with E-state index < -0.39 is 0 Å². The number of nitrogens with one attached hydrogen (secondary N) is 1. The van der Waals surface area contributed by atoms with Crippen LogP contribution in [0.15, 0.2) is 24.3 Å². The Labute approximate surface area is 112 Å². The Morgan fingerprint density at radius 2 is 1.89 bits per heavy atom. The number of rotatable bonds is 7. The maximum atomic E-state index is 5.72. The molecule has 0 spiro atoms. The van der Waals surface area contributed by atoms with E-state index in [0.29, 0.717) is 6.04 Å². The van der Waals surface area contributed by atoms with Crippen molar-refractivity contribution >= 4 is 0 Å². The minimum absolute atomic E-state index is 0.226. The van der Waals surface area contributed by atoms with E-state index in [2.05, 4.69) is 58.1 Å². The third-order valence-corrected chi connectivity index (χ3v) is 3.20. The summed E-state index contributed by atoms with van der Waals surface area (Å²) in [6, 6.07) is 8.74. The largest absolute Gasteiger partial charge is 0.491 e. The molecule has 1 rings (SSSR count). The number of hydrogen-bond acceptors (Lipinski definition) is 2. The Kier molecular flexibility index (Phi) is 6.20. The Morgan fingerprint density at radius 3 is 2.50 bits per heavy atom. The summed E-state index contributed by atoms with van der Waals surface area (Å²) in [4.78, 5) is 0. The molecule has 2 unspecified atom stereocenters. The van der Waals surface area contributed by atoms with Crippen LogP contribution in [0.5, 0.6) is 5.75 Å². The van der Waals surface area contributed by atoms with E-state index >= 15 is 0 Å². The van der Waals surface area contributed by atoms with Gasteiger partial charge in [-0.15, -0.1) is 0 Å². The lowest BCUT2D eigenvalue weighted by Gasteiger charge is -2.18. The monoisotopic (exact) mass is 249 g/mol. The predicted octanol–water partition coefficient (Wildman–Crippen LogP) is 4.17. The van der Waals surface area contributed by atoms with Crippen molar-refractivity contribution in [2.75, 3.05) is 6.54 Å². The first-order valence-corrected chi connectivity index (χ1v) is 7.03. The fourth-order valence-electron chi connectivity index (χ4n) is 1.77. The van der Waals surface area contributed by atoms with Crippen molar-refractivity contribution in [2.45, 2.75) is 53.2 Å². The minimum atomic E-state index is 0.226. The lowest BCUT2D eigenvalue weighted by molar-refractivity contribution is 0.242. The van der Waals surface area contributed by atoms with Gasteiger partial charge in [0.1, 0.15) is 5.75 Å². The summed E-state index contributed by atoms with van der Waals surface area (Å²) in [5.41, 5.74) is 1.29. The van der Waals surface area contributed by atoms with Crippen LogP contribution in [-0.4, -0.2) is 12.6 Å². The summed E-state index contributed by atoms with van der Waals surface area (Å²) in [6.45, 7) is 11.9. The van der Waals surface area contributed by atoms with Crippen molar-refractivity contribution in [3.05, 3.63) is 29.8 Å². The highest BCUT2D eigenvalue weighted by Gasteiger charge is 2.08. The van der Waals surface area contributed by atoms with E-state index in [4.69, 9.17) is 4.74 Å². The highest BCUT2D eigenvalue weighted by Crippen LogP contribution is 2.20. The standard InChI is InChI=1S/C16H27NO/c1-6-13(4)11-17-14(5)15-8-7-9-16(10-15)18-12(2)3/h7-10,12-14,17H,6,11H2,1-5H3. The third-order valence-electron chi connectivity index (χ3n) is 3.20. The van der Waals surface area contributed by atoms with Gasteiger partial charge >= 0.3 is 0 Å². The van der Waals surface area contributed by atoms with Crippen molar-refractivity contribution in [3.63, 3.8) is 0 Å². The predicted molar refractivity (Wildman–Crippen MR) is 78.1 cm³/mol. The fourth-order valence-corrected chi connectivity index (χ4v) is 1.77. The highest BCUT2D eigenvalue weighted by molar-refractivity contribution is 5.30. The van der Waals surface area contributed by atoms with E-state index in [1.807, 2.05) is 6.07 Å². The van der Waals surface area contributed by atoms with E-state index in [1.165, 1.54) is 12.0 Å². The van der Waals surface area contributed by atoms with Gasteiger partial charge in [-0.25, -0.2) is 0 Å². The van der Waals surface area contributed by atoms with Crippen LogP contribution in [0.4, 0.5) is 0 Å². The summed E-state index contributed by atoms with van der Waals surface area (Å²) in [5, 5.41) is 3.57. The Balaban J connectivity index is 2.59. The summed E-state index contributed by atoms with van der Waals surface area (Å²) >= 11 is 0. The van der Waals surface area contributed by atoms with Gasteiger partial charge < -0.3 is 10.1 Å². The maximum Gasteiger partial charge on any atom is 0.120 e. The van der Waals surface area contributed by atoms with Gasteiger partial charge in [0.25, 0.3) is 0 Å². The lowest BCUT2D eigenvalue weighted by Crippen LogP contribution is -2.24. The second-order valence-electron chi connectivity index (χ2n) is 5.38. The van der Waals surface area contributed by atoms with E-state index in [9.17, 15) is 0 Å². The van der Waals surface area contributed by atoms with E-state index in [-0.39, 0.29) is 6.10 Å². The van der Waals surface area contributed by atoms with Crippen molar-refractivity contribution in [1.82, 2.24) is 5.32 Å². The molecule has 0 bridgehead atoms. The maximum absolute atomic E-state index is 5.72. The van der Waals surface area contributed by atoms with Crippen LogP contribution in [0.3, 0.4) is 0 Å². The molecule has 0 saturated carbocycles. The molecular weight excluding hydrogens is 222 g/mol. The minimum Gasteiger partial charge on any atom is -0.491 e. The van der Waals surface area contributed by atoms with Crippen LogP contribution in [0.2, 0.25) is 0 Å². The molecule has 2 atom stereocenters. The Bertz CT molecular complexity index is 349. The molecule has 1 N–H and O–H groups in total. The summed E-state index contributed by atoms with van der Waals surface area (Å²) in [5.74, 6) is 1.68. The second kappa shape index (κ2) is 7.42.